The summed E-state index contributed by atoms with van der Waals surface area (Å²) in [6, 6.07) is 13.6. The van der Waals surface area contributed by atoms with Crippen LogP contribution in [0, 0.1) is 13.8 Å². The summed E-state index contributed by atoms with van der Waals surface area (Å²) in [6.07, 6.45) is 0. The standard InChI is InChI=1S/C15H15N3O/c1-10-7-8-11(2)18(10)17-14-9-12-5-3-4-6-13(12)15(19)16-14/h3-9H,1-2H3,(H2,16,17,19). The molecule has 0 saturated carbocycles. The van der Waals surface area contributed by atoms with E-state index in [-0.39, 0.29) is 5.56 Å². The van der Waals surface area contributed by atoms with Crippen LogP contribution in [0.15, 0.2) is 47.3 Å². The Morgan fingerprint density at radius 1 is 1.05 bits per heavy atom. The molecule has 1 aromatic carbocycles. The number of benzene rings is 1. The Hall–Kier alpha value is -2.49. The molecule has 4 nitrogen and oxygen atoms in total. The molecule has 19 heavy (non-hydrogen) atoms. The zero-order chi connectivity index (χ0) is 13.4. The number of H-pyrrole nitrogens is 1. The summed E-state index contributed by atoms with van der Waals surface area (Å²) >= 11 is 0. The first kappa shape index (κ1) is 11.6. The average molecular weight is 253 g/mol. The summed E-state index contributed by atoms with van der Waals surface area (Å²) in [5.41, 5.74) is 5.31. The van der Waals surface area contributed by atoms with E-state index in [1.807, 2.05) is 61.0 Å². The van der Waals surface area contributed by atoms with Gasteiger partial charge < -0.3 is 4.98 Å². The number of aromatic amines is 1. The zero-order valence-corrected chi connectivity index (χ0v) is 10.9. The summed E-state index contributed by atoms with van der Waals surface area (Å²) in [7, 11) is 0. The predicted octanol–water partition coefficient (Wildman–Crippen LogP) is 2.82. The first-order chi connectivity index (χ1) is 9.15. The van der Waals surface area contributed by atoms with Crippen molar-refractivity contribution in [3.63, 3.8) is 0 Å². The minimum atomic E-state index is -0.0805. The van der Waals surface area contributed by atoms with Crippen LogP contribution < -0.4 is 11.0 Å². The highest BCUT2D eigenvalue weighted by Crippen LogP contribution is 2.14. The molecule has 2 heterocycles. The third-order valence-electron chi connectivity index (χ3n) is 3.26. The Morgan fingerprint density at radius 2 is 1.74 bits per heavy atom. The molecule has 0 saturated heterocycles. The van der Waals surface area contributed by atoms with Crippen molar-refractivity contribution in [2.24, 2.45) is 0 Å². The van der Waals surface area contributed by atoms with E-state index in [0.717, 1.165) is 16.8 Å². The van der Waals surface area contributed by atoms with Gasteiger partial charge in [-0.3, -0.25) is 14.9 Å². The van der Waals surface area contributed by atoms with Gasteiger partial charge in [0.2, 0.25) is 0 Å². The molecule has 2 N–H and O–H groups in total. The third kappa shape index (κ3) is 2.01. The van der Waals surface area contributed by atoms with Gasteiger partial charge in [0, 0.05) is 16.8 Å². The second kappa shape index (κ2) is 4.31. The van der Waals surface area contributed by atoms with E-state index < -0.39 is 0 Å². The summed E-state index contributed by atoms with van der Waals surface area (Å²) < 4.78 is 1.94. The second-order valence-electron chi connectivity index (χ2n) is 4.66. The number of fused-ring (bicyclic) bond motifs is 1. The van der Waals surface area contributed by atoms with Crippen molar-refractivity contribution >= 4 is 16.6 Å². The van der Waals surface area contributed by atoms with E-state index in [2.05, 4.69) is 10.4 Å². The van der Waals surface area contributed by atoms with Gasteiger partial charge in [0.15, 0.2) is 0 Å². The highest BCUT2D eigenvalue weighted by molar-refractivity contribution is 5.83. The van der Waals surface area contributed by atoms with Gasteiger partial charge in [0.05, 0.1) is 0 Å². The molecular weight excluding hydrogens is 238 g/mol. The van der Waals surface area contributed by atoms with Crippen LogP contribution in [-0.4, -0.2) is 9.66 Å². The maximum absolute atomic E-state index is 12.0. The van der Waals surface area contributed by atoms with Crippen LogP contribution >= 0.6 is 0 Å². The van der Waals surface area contributed by atoms with Gasteiger partial charge in [-0.2, -0.15) is 0 Å². The largest absolute Gasteiger partial charge is 0.307 e. The molecule has 0 aliphatic rings. The first-order valence-corrected chi connectivity index (χ1v) is 6.19. The maximum Gasteiger partial charge on any atom is 0.257 e. The van der Waals surface area contributed by atoms with Crippen LogP contribution in [-0.2, 0) is 0 Å². The fraction of sp³-hybridized carbons (Fsp3) is 0.133. The zero-order valence-electron chi connectivity index (χ0n) is 10.9. The number of anilines is 1. The second-order valence-corrected chi connectivity index (χ2v) is 4.66. The lowest BCUT2D eigenvalue weighted by Gasteiger charge is -2.12. The van der Waals surface area contributed by atoms with Crippen LogP contribution in [0.25, 0.3) is 10.8 Å². The normalized spacial score (nSPS) is 10.8. The van der Waals surface area contributed by atoms with E-state index in [9.17, 15) is 4.79 Å². The monoisotopic (exact) mass is 253 g/mol. The molecule has 0 bridgehead atoms. The molecule has 96 valence electrons. The Morgan fingerprint density at radius 3 is 2.47 bits per heavy atom. The number of hydrogen-bond acceptors (Lipinski definition) is 2. The highest BCUT2D eigenvalue weighted by Gasteiger charge is 2.04. The molecule has 0 spiro atoms. The molecule has 3 aromatic rings. The van der Waals surface area contributed by atoms with E-state index >= 15 is 0 Å². The fourth-order valence-corrected chi connectivity index (χ4v) is 2.24. The fourth-order valence-electron chi connectivity index (χ4n) is 2.24. The molecular formula is C15H15N3O. The lowest BCUT2D eigenvalue weighted by atomic mass is 10.2. The third-order valence-corrected chi connectivity index (χ3v) is 3.26. The van der Waals surface area contributed by atoms with Crippen LogP contribution in [0.5, 0.6) is 0 Å². The van der Waals surface area contributed by atoms with E-state index in [0.29, 0.717) is 11.2 Å². The van der Waals surface area contributed by atoms with Crippen LogP contribution in [0.2, 0.25) is 0 Å². The topological polar surface area (TPSA) is 49.8 Å². The highest BCUT2D eigenvalue weighted by atomic mass is 16.1. The van der Waals surface area contributed by atoms with Crippen molar-refractivity contribution in [1.29, 1.82) is 0 Å². The van der Waals surface area contributed by atoms with Crippen LogP contribution in [0.4, 0.5) is 5.82 Å². The summed E-state index contributed by atoms with van der Waals surface area (Å²) in [6.45, 7) is 4.03. The Kier molecular flexibility index (Phi) is 2.63. The van der Waals surface area contributed by atoms with Gasteiger partial charge in [-0.05, 0) is 43.5 Å². The Labute approximate surface area is 110 Å². The number of nitrogens with zero attached hydrogens (tertiary/aromatic N) is 1. The van der Waals surface area contributed by atoms with Gasteiger partial charge in [-0.15, -0.1) is 0 Å². The van der Waals surface area contributed by atoms with Gasteiger partial charge in [0.1, 0.15) is 5.82 Å². The number of nitrogens with one attached hydrogen (secondary N) is 2. The Bertz CT molecular complexity index is 779. The number of aryl methyl sites for hydroxylation is 2. The van der Waals surface area contributed by atoms with Gasteiger partial charge >= 0.3 is 0 Å². The van der Waals surface area contributed by atoms with Crippen molar-refractivity contribution < 1.29 is 0 Å². The summed E-state index contributed by atoms with van der Waals surface area (Å²) in [5, 5.41) is 1.63. The molecule has 0 amide bonds. The Balaban J connectivity index is 2.09. The van der Waals surface area contributed by atoms with Crippen molar-refractivity contribution in [2.75, 3.05) is 5.43 Å². The smallest absolute Gasteiger partial charge is 0.257 e. The molecule has 0 aliphatic heterocycles. The van der Waals surface area contributed by atoms with E-state index in [1.165, 1.54) is 0 Å². The van der Waals surface area contributed by atoms with Crippen molar-refractivity contribution in [3.8, 4) is 0 Å². The molecule has 4 heteroatoms. The number of hydrogen-bond donors (Lipinski definition) is 2. The van der Waals surface area contributed by atoms with Gasteiger partial charge in [-0.25, -0.2) is 0 Å². The first-order valence-electron chi connectivity index (χ1n) is 6.19. The van der Waals surface area contributed by atoms with Crippen molar-refractivity contribution in [1.82, 2.24) is 9.66 Å². The molecule has 0 radical (unpaired) electrons. The van der Waals surface area contributed by atoms with E-state index in [1.54, 1.807) is 0 Å². The van der Waals surface area contributed by atoms with Gasteiger partial charge in [-0.1, -0.05) is 18.2 Å². The van der Waals surface area contributed by atoms with Crippen LogP contribution in [0.3, 0.4) is 0 Å². The lowest BCUT2D eigenvalue weighted by molar-refractivity contribution is 0.870. The van der Waals surface area contributed by atoms with Crippen molar-refractivity contribution in [3.05, 3.63) is 64.2 Å². The molecule has 0 aliphatic carbocycles. The van der Waals surface area contributed by atoms with Gasteiger partial charge in [0.25, 0.3) is 5.56 Å². The SMILES string of the molecule is Cc1ccc(C)n1Nc1cc2ccccc2c(=O)[nH]1. The number of rotatable bonds is 2. The van der Waals surface area contributed by atoms with Crippen molar-refractivity contribution in [2.45, 2.75) is 13.8 Å². The maximum atomic E-state index is 12.0. The minimum Gasteiger partial charge on any atom is -0.307 e. The number of pyridine rings is 1. The summed E-state index contributed by atoms with van der Waals surface area (Å²) in [4.78, 5) is 14.8. The molecule has 0 unspecified atom stereocenters. The molecule has 2 aromatic heterocycles. The molecule has 3 rings (SSSR count). The molecule has 0 atom stereocenters. The lowest BCUT2D eigenvalue weighted by Crippen LogP contribution is -2.17. The molecule has 0 fully saturated rings. The van der Waals surface area contributed by atoms with Crippen LogP contribution in [0.1, 0.15) is 11.4 Å². The quantitative estimate of drug-likeness (QED) is 0.737. The average Bonchev–Trinajstić information content (AvgIpc) is 2.71. The van der Waals surface area contributed by atoms with E-state index in [4.69, 9.17) is 0 Å². The summed E-state index contributed by atoms with van der Waals surface area (Å²) in [5.74, 6) is 0.686. The minimum absolute atomic E-state index is 0.0805. The number of aromatic nitrogens is 2. The predicted molar refractivity (Wildman–Crippen MR) is 77.5 cm³/mol.